The molecule has 5 heteroatoms. The molecule has 4 nitrogen and oxygen atoms in total. The maximum Gasteiger partial charge on any atom is 0.219 e. The van der Waals surface area contributed by atoms with Crippen LogP contribution in [0.3, 0.4) is 0 Å². The number of hydrogen-bond donors (Lipinski definition) is 2. The van der Waals surface area contributed by atoms with Crippen LogP contribution >= 0.6 is 11.6 Å². The summed E-state index contributed by atoms with van der Waals surface area (Å²) >= 11 is 5.88. The number of nitrogens with two attached hydrogens (primary N) is 1. The molecule has 0 bridgehead atoms. The summed E-state index contributed by atoms with van der Waals surface area (Å²) in [6.07, 6.45) is 0.260. The lowest BCUT2D eigenvalue weighted by Gasteiger charge is -2.16. The molecular weight excluding hydrogens is 228 g/mol. The van der Waals surface area contributed by atoms with Gasteiger partial charge in [0.15, 0.2) is 0 Å². The van der Waals surface area contributed by atoms with Crippen LogP contribution in [0, 0.1) is 0 Å². The van der Waals surface area contributed by atoms with Gasteiger partial charge in [-0.1, -0.05) is 11.6 Å². The number of carbonyl (C=O) groups is 1. The Bertz CT molecular complexity index is 382. The molecule has 0 aliphatic carbocycles. The van der Waals surface area contributed by atoms with Gasteiger partial charge in [0.1, 0.15) is 5.75 Å². The fourth-order valence-electron chi connectivity index (χ4n) is 1.41. The Kier molecular flexibility index (Phi) is 4.43. The molecule has 1 unspecified atom stereocenters. The van der Waals surface area contributed by atoms with E-state index in [4.69, 9.17) is 22.1 Å². The second kappa shape index (κ2) is 5.61. The van der Waals surface area contributed by atoms with E-state index in [0.717, 1.165) is 5.69 Å². The number of methoxy groups -OCH3 is 1. The summed E-state index contributed by atoms with van der Waals surface area (Å²) in [7, 11) is 1.58. The number of benzene rings is 1. The van der Waals surface area contributed by atoms with Gasteiger partial charge >= 0.3 is 0 Å². The minimum atomic E-state index is -0.346. The molecule has 0 aliphatic heterocycles. The second-order valence-electron chi connectivity index (χ2n) is 3.56. The predicted molar refractivity (Wildman–Crippen MR) is 64.9 cm³/mol. The van der Waals surface area contributed by atoms with E-state index in [2.05, 4.69) is 5.32 Å². The SMILES string of the molecule is COc1ccc(Cl)cc1NC(C)CC(N)=O. The molecule has 0 aromatic heterocycles. The Balaban J connectivity index is 2.78. The lowest BCUT2D eigenvalue weighted by atomic mass is 10.2. The Hall–Kier alpha value is -1.42. The molecule has 0 heterocycles. The first kappa shape index (κ1) is 12.6. The average Bonchev–Trinajstić information content (AvgIpc) is 2.16. The molecule has 0 saturated carbocycles. The fraction of sp³-hybridized carbons (Fsp3) is 0.364. The van der Waals surface area contributed by atoms with Gasteiger partial charge in [-0.05, 0) is 25.1 Å². The monoisotopic (exact) mass is 242 g/mol. The molecule has 16 heavy (non-hydrogen) atoms. The third-order valence-corrected chi connectivity index (χ3v) is 2.31. The van der Waals surface area contributed by atoms with E-state index in [1.54, 1.807) is 25.3 Å². The van der Waals surface area contributed by atoms with E-state index in [9.17, 15) is 4.79 Å². The highest BCUT2D eigenvalue weighted by molar-refractivity contribution is 6.30. The summed E-state index contributed by atoms with van der Waals surface area (Å²) in [5.74, 6) is 0.335. The zero-order chi connectivity index (χ0) is 12.1. The van der Waals surface area contributed by atoms with Gasteiger partial charge in [-0.15, -0.1) is 0 Å². The van der Waals surface area contributed by atoms with Crippen molar-refractivity contribution in [3.05, 3.63) is 23.2 Å². The normalized spacial score (nSPS) is 11.9. The van der Waals surface area contributed by atoms with Gasteiger partial charge in [0.2, 0.25) is 5.91 Å². The van der Waals surface area contributed by atoms with Crippen molar-refractivity contribution in [3.63, 3.8) is 0 Å². The van der Waals surface area contributed by atoms with Crippen LogP contribution in [0.1, 0.15) is 13.3 Å². The van der Waals surface area contributed by atoms with E-state index >= 15 is 0 Å². The van der Waals surface area contributed by atoms with Crippen LogP contribution in [0.5, 0.6) is 5.75 Å². The zero-order valence-corrected chi connectivity index (χ0v) is 10.0. The molecule has 0 fully saturated rings. The number of nitrogens with one attached hydrogen (secondary N) is 1. The first-order chi connectivity index (χ1) is 7.52. The summed E-state index contributed by atoms with van der Waals surface area (Å²) in [6, 6.07) is 5.19. The van der Waals surface area contributed by atoms with E-state index in [-0.39, 0.29) is 18.4 Å². The van der Waals surface area contributed by atoms with E-state index in [0.29, 0.717) is 10.8 Å². The lowest BCUT2D eigenvalue weighted by Crippen LogP contribution is -2.24. The Morgan fingerprint density at radius 1 is 1.62 bits per heavy atom. The number of anilines is 1. The maximum atomic E-state index is 10.7. The van der Waals surface area contributed by atoms with Gasteiger partial charge in [-0.25, -0.2) is 0 Å². The highest BCUT2D eigenvalue weighted by Gasteiger charge is 2.09. The molecule has 0 radical (unpaired) electrons. The van der Waals surface area contributed by atoms with Crippen molar-refractivity contribution in [2.45, 2.75) is 19.4 Å². The minimum Gasteiger partial charge on any atom is -0.495 e. The molecule has 1 aromatic rings. The van der Waals surface area contributed by atoms with Crippen LogP contribution in [0.2, 0.25) is 5.02 Å². The molecule has 1 aromatic carbocycles. The summed E-state index contributed by atoms with van der Waals surface area (Å²) in [5.41, 5.74) is 5.86. The van der Waals surface area contributed by atoms with Crippen LogP contribution in [-0.4, -0.2) is 19.1 Å². The Morgan fingerprint density at radius 3 is 2.88 bits per heavy atom. The lowest BCUT2D eigenvalue weighted by molar-refractivity contribution is -0.118. The molecule has 88 valence electrons. The van der Waals surface area contributed by atoms with Crippen LogP contribution in [0.15, 0.2) is 18.2 Å². The third-order valence-electron chi connectivity index (χ3n) is 2.07. The summed E-state index contributed by atoms with van der Waals surface area (Å²) < 4.78 is 5.17. The van der Waals surface area contributed by atoms with E-state index < -0.39 is 0 Å². The molecule has 1 amide bonds. The number of ether oxygens (including phenoxy) is 1. The highest BCUT2D eigenvalue weighted by Crippen LogP contribution is 2.28. The molecule has 0 spiro atoms. The smallest absolute Gasteiger partial charge is 0.219 e. The van der Waals surface area contributed by atoms with Gasteiger partial charge in [-0.3, -0.25) is 4.79 Å². The quantitative estimate of drug-likeness (QED) is 0.830. The van der Waals surface area contributed by atoms with Gasteiger partial charge < -0.3 is 15.8 Å². The first-order valence-corrected chi connectivity index (χ1v) is 5.29. The van der Waals surface area contributed by atoms with Crippen molar-refractivity contribution in [2.75, 3.05) is 12.4 Å². The van der Waals surface area contributed by atoms with Crippen LogP contribution in [-0.2, 0) is 4.79 Å². The Morgan fingerprint density at radius 2 is 2.31 bits per heavy atom. The second-order valence-corrected chi connectivity index (χ2v) is 4.00. The molecule has 3 N–H and O–H groups in total. The number of amides is 1. The van der Waals surface area contributed by atoms with Crippen molar-refractivity contribution in [3.8, 4) is 5.75 Å². The van der Waals surface area contributed by atoms with Crippen molar-refractivity contribution >= 4 is 23.2 Å². The predicted octanol–water partition coefficient (Wildman–Crippen LogP) is 2.02. The van der Waals surface area contributed by atoms with Crippen LogP contribution < -0.4 is 15.8 Å². The van der Waals surface area contributed by atoms with Crippen molar-refractivity contribution < 1.29 is 9.53 Å². The van der Waals surface area contributed by atoms with Crippen LogP contribution in [0.25, 0.3) is 0 Å². The summed E-state index contributed by atoms with van der Waals surface area (Å²) in [5, 5.41) is 3.73. The zero-order valence-electron chi connectivity index (χ0n) is 9.29. The minimum absolute atomic E-state index is 0.0649. The number of hydrogen-bond acceptors (Lipinski definition) is 3. The summed E-state index contributed by atoms with van der Waals surface area (Å²) in [4.78, 5) is 10.7. The standard InChI is InChI=1S/C11H15ClN2O2/c1-7(5-11(13)15)14-9-6-8(12)3-4-10(9)16-2/h3-4,6-7,14H,5H2,1-2H3,(H2,13,15). The van der Waals surface area contributed by atoms with Crippen molar-refractivity contribution in [1.29, 1.82) is 0 Å². The average molecular weight is 243 g/mol. The number of rotatable bonds is 5. The fourth-order valence-corrected chi connectivity index (χ4v) is 1.58. The molecular formula is C11H15ClN2O2. The van der Waals surface area contributed by atoms with Crippen molar-refractivity contribution in [1.82, 2.24) is 0 Å². The third kappa shape index (κ3) is 3.62. The van der Waals surface area contributed by atoms with E-state index in [1.165, 1.54) is 0 Å². The molecule has 0 saturated heterocycles. The van der Waals surface area contributed by atoms with Crippen LogP contribution in [0.4, 0.5) is 5.69 Å². The number of carbonyl (C=O) groups excluding carboxylic acids is 1. The van der Waals surface area contributed by atoms with Gasteiger partial charge in [-0.2, -0.15) is 0 Å². The molecule has 1 atom stereocenters. The largest absolute Gasteiger partial charge is 0.495 e. The van der Waals surface area contributed by atoms with Crippen molar-refractivity contribution in [2.24, 2.45) is 5.73 Å². The summed E-state index contributed by atoms with van der Waals surface area (Å²) in [6.45, 7) is 1.87. The Labute approximate surface area is 99.7 Å². The van der Waals surface area contributed by atoms with E-state index in [1.807, 2.05) is 6.92 Å². The highest BCUT2D eigenvalue weighted by atomic mass is 35.5. The number of halogens is 1. The van der Waals surface area contributed by atoms with Gasteiger partial charge in [0.05, 0.1) is 12.8 Å². The van der Waals surface area contributed by atoms with Gasteiger partial charge in [0.25, 0.3) is 0 Å². The molecule has 0 aliphatic rings. The number of primary amides is 1. The maximum absolute atomic E-state index is 10.7. The molecule has 1 rings (SSSR count). The first-order valence-electron chi connectivity index (χ1n) is 4.91. The topological polar surface area (TPSA) is 64.3 Å². The van der Waals surface area contributed by atoms with Gasteiger partial charge in [0, 0.05) is 17.5 Å².